The average Bonchev–Trinajstić information content (AvgIpc) is 2.84. The zero-order chi connectivity index (χ0) is 28.7. The van der Waals surface area contributed by atoms with E-state index in [1.165, 1.54) is 25.1 Å². The van der Waals surface area contributed by atoms with Crippen LogP contribution < -0.4 is 20.5 Å². The molecule has 13 heteroatoms. The summed E-state index contributed by atoms with van der Waals surface area (Å²) >= 11 is 5.55. The topological polar surface area (TPSA) is 163 Å². The summed E-state index contributed by atoms with van der Waals surface area (Å²) in [5.74, 6) is -3.16. The van der Waals surface area contributed by atoms with Crippen molar-refractivity contribution in [3.63, 3.8) is 0 Å². The molecule has 4 N–H and O–H groups in total. The lowest BCUT2D eigenvalue weighted by Gasteiger charge is -2.35. The summed E-state index contributed by atoms with van der Waals surface area (Å²) in [7, 11) is -3.44. The first-order valence-electron chi connectivity index (χ1n) is 11.4. The third kappa shape index (κ3) is 8.15. The first-order chi connectivity index (χ1) is 17.6. The molecule has 0 aliphatic heterocycles. The number of hydrogen-bond acceptors (Lipinski definition) is 8. The van der Waals surface area contributed by atoms with E-state index in [1.807, 2.05) is 6.07 Å². The van der Waals surface area contributed by atoms with E-state index in [2.05, 4.69) is 10.0 Å². The van der Waals surface area contributed by atoms with Crippen LogP contribution in [0.3, 0.4) is 0 Å². The van der Waals surface area contributed by atoms with Crippen molar-refractivity contribution in [2.24, 2.45) is 5.73 Å². The molecule has 2 amide bonds. The predicted molar refractivity (Wildman–Crippen MR) is 141 cm³/mol. The number of esters is 1. The van der Waals surface area contributed by atoms with Crippen molar-refractivity contribution in [1.82, 2.24) is 4.72 Å². The first kappa shape index (κ1) is 31.0. The molecule has 0 spiro atoms. The van der Waals surface area contributed by atoms with Gasteiger partial charge < -0.3 is 25.3 Å². The van der Waals surface area contributed by atoms with Gasteiger partial charge in [-0.05, 0) is 45.4 Å². The van der Waals surface area contributed by atoms with Crippen LogP contribution in [-0.4, -0.2) is 56.4 Å². The molecule has 0 saturated carbocycles. The van der Waals surface area contributed by atoms with Crippen LogP contribution in [0.2, 0.25) is 0 Å². The van der Waals surface area contributed by atoms with E-state index in [0.717, 1.165) is 12.7 Å². The zero-order valence-electron chi connectivity index (χ0n) is 21.7. The second-order valence-corrected chi connectivity index (χ2v) is 11.3. The summed E-state index contributed by atoms with van der Waals surface area (Å²) in [6, 6.07) is 10.9. The van der Waals surface area contributed by atoms with Gasteiger partial charge in [-0.1, -0.05) is 30.3 Å². The number of methoxy groups -OCH3 is 1. The second kappa shape index (κ2) is 12.6. The van der Waals surface area contributed by atoms with E-state index >= 15 is 0 Å². The summed E-state index contributed by atoms with van der Waals surface area (Å²) in [6.45, 7) is 5.99. The Morgan fingerprint density at radius 3 is 2.21 bits per heavy atom. The molecule has 208 valence electrons. The molecule has 0 heterocycles. The molecule has 2 aromatic rings. The normalized spacial score (nSPS) is 14.2. The standard InChI is InChI=1S/C25H32ClN3O8S/c1-24(2,3)37-23(32)25(4,35-5)21(22(27)31)29-38(33,34)19-12-11-17(28-20(30)14-26)13-18(19)36-15-16-9-7-6-8-10-16/h6-13,21,29H,14-15H2,1-5H3,(H2,27,31)(H,28,30)/t21?,25-/m0/s1. The van der Waals surface area contributed by atoms with Crippen LogP contribution in [0.5, 0.6) is 5.75 Å². The highest BCUT2D eigenvalue weighted by molar-refractivity contribution is 7.89. The van der Waals surface area contributed by atoms with Crippen molar-refractivity contribution in [3.05, 3.63) is 54.1 Å². The Morgan fingerprint density at radius 2 is 1.68 bits per heavy atom. The van der Waals surface area contributed by atoms with Crippen LogP contribution in [0, 0.1) is 0 Å². The van der Waals surface area contributed by atoms with Crippen molar-refractivity contribution in [1.29, 1.82) is 0 Å². The van der Waals surface area contributed by atoms with Crippen molar-refractivity contribution < 1.29 is 37.0 Å². The van der Waals surface area contributed by atoms with Crippen molar-refractivity contribution >= 4 is 45.1 Å². The minimum absolute atomic E-state index is 0.0107. The Morgan fingerprint density at radius 1 is 1.05 bits per heavy atom. The molecule has 2 aromatic carbocycles. The molecule has 0 aromatic heterocycles. The summed E-state index contributed by atoms with van der Waals surface area (Å²) < 4.78 is 45.6. The molecule has 0 saturated heterocycles. The largest absolute Gasteiger partial charge is 0.487 e. The number of nitrogens with one attached hydrogen (secondary N) is 2. The number of anilines is 1. The Kier molecular flexibility index (Phi) is 10.3. The van der Waals surface area contributed by atoms with E-state index in [9.17, 15) is 22.8 Å². The van der Waals surface area contributed by atoms with Gasteiger partial charge in [0.15, 0.2) is 5.60 Å². The summed E-state index contributed by atoms with van der Waals surface area (Å²) in [6.07, 6.45) is 0. The molecular weight excluding hydrogens is 538 g/mol. The van der Waals surface area contributed by atoms with Crippen LogP contribution in [0.15, 0.2) is 53.4 Å². The van der Waals surface area contributed by atoms with E-state index < -0.39 is 45.1 Å². The van der Waals surface area contributed by atoms with Gasteiger partial charge in [0.2, 0.25) is 21.8 Å². The molecule has 0 bridgehead atoms. The van der Waals surface area contributed by atoms with Gasteiger partial charge in [0.05, 0.1) is 0 Å². The number of ether oxygens (including phenoxy) is 3. The van der Waals surface area contributed by atoms with Crippen LogP contribution in [0.1, 0.15) is 33.3 Å². The van der Waals surface area contributed by atoms with Crippen molar-refractivity contribution in [2.45, 2.75) is 56.4 Å². The highest BCUT2D eigenvalue weighted by atomic mass is 35.5. The number of alkyl halides is 1. The quantitative estimate of drug-likeness (QED) is 0.259. The number of amides is 2. The van der Waals surface area contributed by atoms with Crippen LogP contribution in [0.25, 0.3) is 0 Å². The molecular formula is C25H32ClN3O8S. The maximum absolute atomic E-state index is 13.5. The van der Waals surface area contributed by atoms with Crippen LogP contribution in [0.4, 0.5) is 5.69 Å². The van der Waals surface area contributed by atoms with Gasteiger partial charge in [0.1, 0.15) is 34.8 Å². The molecule has 11 nitrogen and oxygen atoms in total. The summed E-state index contributed by atoms with van der Waals surface area (Å²) in [5.41, 5.74) is 3.41. The molecule has 38 heavy (non-hydrogen) atoms. The third-order valence-electron chi connectivity index (χ3n) is 5.21. The fourth-order valence-electron chi connectivity index (χ4n) is 3.21. The number of carbonyl (C=O) groups excluding carboxylic acids is 3. The van der Waals surface area contributed by atoms with E-state index in [4.69, 9.17) is 31.5 Å². The number of hydrogen-bond donors (Lipinski definition) is 3. The third-order valence-corrected chi connectivity index (χ3v) is 6.92. The predicted octanol–water partition coefficient (Wildman–Crippen LogP) is 2.32. The number of halogens is 1. The molecule has 0 fully saturated rings. The van der Waals surface area contributed by atoms with Gasteiger partial charge in [-0.25, -0.2) is 13.2 Å². The highest BCUT2D eigenvalue weighted by Gasteiger charge is 2.50. The molecule has 0 radical (unpaired) electrons. The molecule has 0 aliphatic rings. The molecule has 2 rings (SSSR count). The zero-order valence-corrected chi connectivity index (χ0v) is 23.3. The maximum Gasteiger partial charge on any atom is 0.340 e. The van der Waals surface area contributed by atoms with Crippen LogP contribution >= 0.6 is 11.6 Å². The minimum atomic E-state index is -4.56. The number of nitrogens with two attached hydrogens (primary N) is 1. The Hall–Kier alpha value is -3.19. The lowest BCUT2D eigenvalue weighted by molar-refractivity contribution is -0.182. The monoisotopic (exact) mass is 569 g/mol. The summed E-state index contributed by atoms with van der Waals surface area (Å²) in [4.78, 5) is 36.7. The van der Waals surface area contributed by atoms with E-state index in [1.54, 1.807) is 45.0 Å². The number of carbonyl (C=O) groups is 3. The molecule has 2 atom stereocenters. The van der Waals surface area contributed by atoms with Crippen LogP contribution in [-0.2, 0) is 40.5 Å². The lowest BCUT2D eigenvalue weighted by atomic mass is 9.96. The summed E-state index contributed by atoms with van der Waals surface area (Å²) in [5, 5.41) is 2.52. The lowest BCUT2D eigenvalue weighted by Crippen LogP contribution is -2.63. The van der Waals surface area contributed by atoms with Gasteiger partial charge in [-0.3, -0.25) is 9.59 Å². The van der Waals surface area contributed by atoms with Gasteiger partial charge in [0.25, 0.3) is 0 Å². The van der Waals surface area contributed by atoms with Crippen molar-refractivity contribution in [3.8, 4) is 5.75 Å². The van der Waals surface area contributed by atoms with Gasteiger partial charge in [-0.2, -0.15) is 4.72 Å². The Labute approximate surface area is 227 Å². The van der Waals surface area contributed by atoms with E-state index in [-0.39, 0.29) is 28.8 Å². The first-order valence-corrected chi connectivity index (χ1v) is 13.4. The number of benzene rings is 2. The SMILES string of the molecule is CO[C@](C)(C(=O)OC(C)(C)C)C(NS(=O)(=O)c1ccc(NC(=O)CCl)cc1OCc1ccccc1)C(N)=O. The minimum Gasteiger partial charge on any atom is -0.487 e. The average molecular weight is 570 g/mol. The second-order valence-electron chi connectivity index (χ2n) is 9.39. The molecule has 0 aliphatic carbocycles. The Bertz CT molecular complexity index is 1270. The fraction of sp³-hybridized carbons (Fsp3) is 0.400. The number of primary amides is 1. The Balaban J connectivity index is 2.50. The van der Waals surface area contributed by atoms with Gasteiger partial charge in [0, 0.05) is 18.9 Å². The van der Waals surface area contributed by atoms with Gasteiger partial charge >= 0.3 is 5.97 Å². The van der Waals surface area contributed by atoms with Gasteiger partial charge in [-0.15, -0.1) is 11.6 Å². The molecule has 1 unspecified atom stereocenters. The maximum atomic E-state index is 13.5. The number of rotatable bonds is 12. The smallest absolute Gasteiger partial charge is 0.340 e. The fourth-order valence-corrected chi connectivity index (χ4v) is 4.68. The van der Waals surface area contributed by atoms with E-state index in [0.29, 0.717) is 0 Å². The highest BCUT2D eigenvalue weighted by Crippen LogP contribution is 2.30. The number of sulfonamides is 1. The van der Waals surface area contributed by atoms with Crippen molar-refractivity contribution in [2.75, 3.05) is 18.3 Å².